The average Bonchev–Trinajstić information content (AvgIpc) is 2.49. The van der Waals surface area contributed by atoms with Crippen LogP contribution in [0.5, 0.6) is 0 Å². The zero-order valence-electron chi connectivity index (χ0n) is 12.3. The molecule has 106 valence electrons. The smallest absolute Gasteiger partial charge is 0.0271 e. The predicted molar refractivity (Wildman–Crippen MR) is 83.1 cm³/mol. The van der Waals surface area contributed by atoms with Crippen molar-refractivity contribution >= 4 is 0 Å². The zero-order valence-corrected chi connectivity index (χ0v) is 12.3. The molecule has 3 nitrogen and oxygen atoms in total. The van der Waals surface area contributed by atoms with Gasteiger partial charge in [0.25, 0.3) is 0 Å². The third-order valence-electron chi connectivity index (χ3n) is 3.64. The van der Waals surface area contributed by atoms with Crippen molar-refractivity contribution < 1.29 is 0 Å². The summed E-state index contributed by atoms with van der Waals surface area (Å²) in [7, 11) is 0. The first-order valence-electron chi connectivity index (χ1n) is 7.12. The quantitative estimate of drug-likeness (QED) is 0.877. The summed E-state index contributed by atoms with van der Waals surface area (Å²) in [5.74, 6) is 0. The molecule has 1 aromatic heterocycles. The fraction of sp³-hybridized carbons (Fsp3) is 0.353. The summed E-state index contributed by atoms with van der Waals surface area (Å²) in [5, 5.41) is 0. The average molecular weight is 269 g/mol. The maximum absolute atomic E-state index is 5.68. The van der Waals surface area contributed by atoms with E-state index in [1.165, 1.54) is 22.3 Å². The highest BCUT2D eigenvalue weighted by molar-refractivity contribution is 5.31. The lowest BCUT2D eigenvalue weighted by molar-refractivity contribution is 0.271. The van der Waals surface area contributed by atoms with Crippen LogP contribution in [0.3, 0.4) is 0 Å². The van der Waals surface area contributed by atoms with Gasteiger partial charge in [0.2, 0.25) is 0 Å². The molecule has 0 radical (unpaired) electrons. The summed E-state index contributed by atoms with van der Waals surface area (Å²) in [6, 6.07) is 10.7. The fourth-order valence-electron chi connectivity index (χ4n) is 2.33. The van der Waals surface area contributed by atoms with Crippen LogP contribution >= 0.6 is 0 Å². The van der Waals surface area contributed by atoms with Gasteiger partial charge in [-0.05, 0) is 47.9 Å². The minimum Gasteiger partial charge on any atom is -0.326 e. The summed E-state index contributed by atoms with van der Waals surface area (Å²) in [5.41, 5.74) is 10.9. The van der Waals surface area contributed by atoms with E-state index < -0.39 is 0 Å². The molecule has 1 aromatic carbocycles. The van der Waals surface area contributed by atoms with E-state index in [2.05, 4.69) is 54.1 Å². The number of aryl methyl sites for hydroxylation is 1. The maximum atomic E-state index is 5.68. The van der Waals surface area contributed by atoms with E-state index >= 15 is 0 Å². The second-order valence-corrected chi connectivity index (χ2v) is 5.12. The molecule has 0 amide bonds. The number of aromatic nitrogens is 1. The SMILES string of the molecule is CCN(Cc1ccncc1)Cc1ccc(CN)cc1C. The van der Waals surface area contributed by atoms with Crippen molar-refractivity contribution in [2.75, 3.05) is 6.54 Å². The topological polar surface area (TPSA) is 42.2 Å². The van der Waals surface area contributed by atoms with Crippen molar-refractivity contribution in [1.82, 2.24) is 9.88 Å². The molecule has 0 spiro atoms. The van der Waals surface area contributed by atoms with Gasteiger partial charge in [-0.15, -0.1) is 0 Å². The summed E-state index contributed by atoms with van der Waals surface area (Å²) in [6.07, 6.45) is 3.70. The number of benzene rings is 1. The highest BCUT2D eigenvalue weighted by Crippen LogP contribution is 2.15. The van der Waals surface area contributed by atoms with Crippen molar-refractivity contribution in [3.8, 4) is 0 Å². The summed E-state index contributed by atoms with van der Waals surface area (Å²) in [4.78, 5) is 6.50. The second-order valence-electron chi connectivity index (χ2n) is 5.12. The van der Waals surface area contributed by atoms with Crippen LogP contribution in [0.25, 0.3) is 0 Å². The molecule has 0 aliphatic carbocycles. The highest BCUT2D eigenvalue weighted by Gasteiger charge is 2.07. The number of nitrogens with two attached hydrogens (primary N) is 1. The van der Waals surface area contributed by atoms with Gasteiger partial charge < -0.3 is 5.73 Å². The van der Waals surface area contributed by atoms with Gasteiger partial charge in [0.15, 0.2) is 0 Å². The van der Waals surface area contributed by atoms with Crippen molar-refractivity contribution in [3.05, 3.63) is 65.0 Å². The number of rotatable bonds is 6. The van der Waals surface area contributed by atoms with E-state index in [0.717, 1.165) is 19.6 Å². The van der Waals surface area contributed by atoms with Crippen LogP contribution in [-0.2, 0) is 19.6 Å². The minimum absolute atomic E-state index is 0.607. The molecular formula is C17H23N3. The van der Waals surface area contributed by atoms with Gasteiger partial charge in [-0.2, -0.15) is 0 Å². The molecule has 2 rings (SSSR count). The van der Waals surface area contributed by atoms with Crippen LogP contribution in [0.4, 0.5) is 0 Å². The lowest BCUT2D eigenvalue weighted by atomic mass is 10.0. The van der Waals surface area contributed by atoms with E-state index in [9.17, 15) is 0 Å². The largest absolute Gasteiger partial charge is 0.326 e. The van der Waals surface area contributed by atoms with Crippen molar-refractivity contribution in [1.29, 1.82) is 0 Å². The molecule has 0 bridgehead atoms. The van der Waals surface area contributed by atoms with Crippen molar-refractivity contribution in [2.24, 2.45) is 5.73 Å². The van der Waals surface area contributed by atoms with Crippen LogP contribution in [-0.4, -0.2) is 16.4 Å². The minimum atomic E-state index is 0.607. The van der Waals surface area contributed by atoms with Crippen molar-refractivity contribution in [3.63, 3.8) is 0 Å². The van der Waals surface area contributed by atoms with Crippen LogP contribution < -0.4 is 5.73 Å². The van der Waals surface area contributed by atoms with Crippen molar-refractivity contribution in [2.45, 2.75) is 33.5 Å². The van der Waals surface area contributed by atoms with Gasteiger partial charge in [0.05, 0.1) is 0 Å². The van der Waals surface area contributed by atoms with E-state index in [1.54, 1.807) is 0 Å². The number of hydrogen-bond acceptors (Lipinski definition) is 3. The second kappa shape index (κ2) is 7.17. The third kappa shape index (κ3) is 3.89. The fourth-order valence-corrected chi connectivity index (χ4v) is 2.33. The van der Waals surface area contributed by atoms with E-state index in [0.29, 0.717) is 6.54 Å². The predicted octanol–water partition coefficient (Wildman–Crippen LogP) is 2.87. The molecule has 2 aromatic rings. The van der Waals surface area contributed by atoms with E-state index in [-0.39, 0.29) is 0 Å². The Labute approximate surface area is 121 Å². The summed E-state index contributed by atoms with van der Waals surface area (Å²) in [6.45, 7) is 7.92. The Morgan fingerprint density at radius 1 is 1.05 bits per heavy atom. The third-order valence-corrected chi connectivity index (χ3v) is 3.64. The molecule has 1 heterocycles. The number of hydrogen-bond donors (Lipinski definition) is 1. The molecule has 3 heteroatoms. The van der Waals surface area contributed by atoms with Crippen LogP contribution in [0, 0.1) is 6.92 Å². The van der Waals surface area contributed by atoms with E-state index in [4.69, 9.17) is 5.73 Å². The molecular weight excluding hydrogens is 246 g/mol. The van der Waals surface area contributed by atoms with Gasteiger partial charge in [0, 0.05) is 32.0 Å². The van der Waals surface area contributed by atoms with Gasteiger partial charge in [-0.3, -0.25) is 9.88 Å². The Balaban J connectivity index is 2.06. The van der Waals surface area contributed by atoms with E-state index in [1.807, 2.05) is 12.4 Å². The van der Waals surface area contributed by atoms with Crippen LogP contribution in [0.15, 0.2) is 42.7 Å². The molecule has 2 N–H and O–H groups in total. The lowest BCUT2D eigenvalue weighted by Gasteiger charge is -2.22. The number of nitrogens with zero attached hydrogens (tertiary/aromatic N) is 2. The van der Waals surface area contributed by atoms with Crippen LogP contribution in [0.1, 0.15) is 29.2 Å². The Bertz CT molecular complexity index is 537. The van der Waals surface area contributed by atoms with Crippen LogP contribution in [0.2, 0.25) is 0 Å². The molecule has 0 aliphatic rings. The molecule has 0 aliphatic heterocycles. The Hall–Kier alpha value is -1.71. The summed E-state index contributed by atoms with van der Waals surface area (Å²) < 4.78 is 0. The van der Waals surface area contributed by atoms with Gasteiger partial charge in [0.1, 0.15) is 0 Å². The molecule has 0 saturated heterocycles. The molecule has 0 fully saturated rings. The first-order chi connectivity index (χ1) is 9.72. The Morgan fingerprint density at radius 2 is 1.80 bits per heavy atom. The Kier molecular flexibility index (Phi) is 5.27. The highest BCUT2D eigenvalue weighted by atomic mass is 15.1. The zero-order chi connectivity index (χ0) is 14.4. The molecule has 0 unspecified atom stereocenters. The normalized spacial score (nSPS) is 11.0. The molecule has 20 heavy (non-hydrogen) atoms. The first-order valence-corrected chi connectivity index (χ1v) is 7.12. The van der Waals surface area contributed by atoms with Gasteiger partial charge >= 0.3 is 0 Å². The number of pyridine rings is 1. The first kappa shape index (κ1) is 14.7. The maximum Gasteiger partial charge on any atom is 0.0271 e. The summed E-state index contributed by atoms with van der Waals surface area (Å²) >= 11 is 0. The molecule has 0 atom stereocenters. The Morgan fingerprint density at radius 3 is 2.40 bits per heavy atom. The van der Waals surface area contributed by atoms with Gasteiger partial charge in [-0.1, -0.05) is 25.1 Å². The van der Waals surface area contributed by atoms with Gasteiger partial charge in [-0.25, -0.2) is 0 Å². The standard InChI is InChI=1S/C17H23N3/c1-3-20(12-15-6-8-19-9-7-15)13-17-5-4-16(11-18)10-14(17)2/h4-10H,3,11-13,18H2,1-2H3. The lowest BCUT2D eigenvalue weighted by Crippen LogP contribution is -2.22. The monoisotopic (exact) mass is 269 g/mol. The molecule has 0 saturated carbocycles.